The Bertz CT molecular complexity index is 253. The van der Waals surface area contributed by atoms with Crippen LogP contribution in [0.5, 0.6) is 0 Å². The first-order valence-corrected chi connectivity index (χ1v) is 7.24. The third-order valence-corrected chi connectivity index (χ3v) is 4.73. The summed E-state index contributed by atoms with van der Waals surface area (Å²) in [5.41, 5.74) is -0.0236. The summed E-state index contributed by atoms with van der Waals surface area (Å²) in [4.78, 5) is 2.27. The van der Waals surface area contributed by atoms with Crippen LogP contribution < -0.4 is 0 Å². The average molecular weight is 257 g/mol. The van der Waals surface area contributed by atoms with Crippen molar-refractivity contribution in [3.63, 3.8) is 0 Å². The van der Waals surface area contributed by atoms with E-state index < -0.39 is 0 Å². The van der Waals surface area contributed by atoms with Crippen LogP contribution in [0.15, 0.2) is 0 Å². The Morgan fingerprint density at radius 3 is 2.50 bits per heavy atom. The molecule has 4 heteroatoms. The zero-order chi connectivity index (χ0) is 13.0. The molecule has 1 heterocycles. The Hall–Kier alpha value is -0.160. The van der Waals surface area contributed by atoms with Crippen molar-refractivity contribution in [3.8, 4) is 0 Å². The molecular weight excluding hydrogens is 230 g/mol. The molecule has 2 N–H and O–H groups in total. The Labute approximate surface area is 110 Å². The fourth-order valence-electron chi connectivity index (χ4n) is 3.42. The molecule has 1 aliphatic carbocycles. The van der Waals surface area contributed by atoms with Gasteiger partial charge in [-0.05, 0) is 32.7 Å². The molecule has 0 aromatic carbocycles. The number of aliphatic hydroxyl groups excluding tert-OH is 2. The molecule has 0 amide bonds. The van der Waals surface area contributed by atoms with E-state index in [1.165, 1.54) is 6.42 Å². The summed E-state index contributed by atoms with van der Waals surface area (Å²) in [6.45, 7) is 2.60. The van der Waals surface area contributed by atoms with E-state index >= 15 is 0 Å². The molecule has 1 saturated carbocycles. The number of rotatable bonds is 4. The standard InChI is InChI=1S/C14H27NO3/c1-15(12-4-2-3-5-13(12)17)10-14(11-16)6-8-18-9-7-14/h12-13,16-17H,2-11H2,1H3. The Balaban J connectivity index is 1.93. The maximum atomic E-state index is 10.1. The van der Waals surface area contributed by atoms with Gasteiger partial charge in [0.1, 0.15) is 0 Å². The third-order valence-electron chi connectivity index (χ3n) is 4.73. The van der Waals surface area contributed by atoms with E-state index in [0.29, 0.717) is 0 Å². The molecule has 0 radical (unpaired) electrons. The van der Waals surface area contributed by atoms with Crippen LogP contribution in [0, 0.1) is 5.41 Å². The van der Waals surface area contributed by atoms with Crippen LogP contribution >= 0.6 is 0 Å². The lowest BCUT2D eigenvalue weighted by Crippen LogP contribution is -2.50. The first kappa shape index (κ1) is 14.3. The first-order chi connectivity index (χ1) is 8.67. The smallest absolute Gasteiger partial charge is 0.0695 e. The average Bonchev–Trinajstić information content (AvgIpc) is 2.40. The molecule has 1 saturated heterocycles. The van der Waals surface area contributed by atoms with Crippen LogP contribution in [0.25, 0.3) is 0 Å². The normalized spacial score (nSPS) is 32.7. The van der Waals surface area contributed by atoms with Crippen molar-refractivity contribution in [1.29, 1.82) is 0 Å². The van der Waals surface area contributed by atoms with E-state index in [4.69, 9.17) is 4.74 Å². The zero-order valence-electron chi connectivity index (χ0n) is 11.5. The minimum atomic E-state index is -0.195. The second kappa shape index (κ2) is 6.33. The van der Waals surface area contributed by atoms with Crippen molar-refractivity contribution in [2.75, 3.05) is 33.4 Å². The highest BCUT2D eigenvalue weighted by molar-refractivity contribution is 4.88. The van der Waals surface area contributed by atoms with Gasteiger partial charge in [0.05, 0.1) is 12.7 Å². The van der Waals surface area contributed by atoms with Crippen molar-refractivity contribution in [2.24, 2.45) is 5.41 Å². The predicted molar refractivity (Wildman–Crippen MR) is 70.5 cm³/mol. The topological polar surface area (TPSA) is 52.9 Å². The second-order valence-corrected chi connectivity index (χ2v) is 6.10. The minimum Gasteiger partial charge on any atom is -0.396 e. The number of nitrogens with zero attached hydrogens (tertiary/aromatic N) is 1. The highest BCUT2D eigenvalue weighted by Gasteiger charge is 2.36. The summed E-state index contributed by atoms with van der Waals surface area (Å²) in [5, 5.41) is 19.8. The van der Waals surface area contributed by atoms with Crippen molar-refractivity contribution in [2.45, 2.75) is 50.7 Å². The Morgan fingerprint density at radius 1 is 1.22 bits per heavy atom. The maximum Gasteiger partial charge on any atom is 0.0695 e. The van der Waals surface area contributed by atoms with E-state index in [9.17, 15) is 10.2 Å². The van der Waals surface area contributed by atoms with Gasteiger partial charge in [0.2, 0.25) is 0 Å². The molecule has 2 aliphatic rings. The van der Waals surface area contributed by atoms with Crippen LogP contribution in [0.2, 0.25) is 0 Å². The van der Waals surface area contributed by atoms with Crippen LogP contribution in [0.4, 0.5) is 0 Å². The van der Waals surface area contributed by atoms with Crippen LogP contribution in [0.1, 0.15) is 38.5 Å². The van der Waals surface area contributed by atoms with Gasteiger partial charge in [-0.2, -0.15) is 0 Å². The summed E-state index contributed by atoms with van der Waals surface area (Å²) in [7, 11) is 2.09. The lowest BCUT2D eigenvalue weighted by Gasteiger charge is -2.43. The highest BCUT2D eigenvalue weighted by atomic mass is 16.5. The highest BCUT2D eigenvalue weighted by Crippen LogP contribution is 2.33. The summed E-state index contributed by atoms with van der Waals surface area (Å²) < 4.78 is 5.40. The molecule has 4 nitrogen and oxygen atoms in total. The number of ether oxygens (including phenoxy) is 1. The van der Waals surface area contributed by atoms with E-state index in [1.54, 1.807) is 0 Å². The zero-order valence-corrected chi connectivity index (χ0v) is 11.5. The second-order valence-electron chi connectivity index (χ2n) is 6.10. The van der Waals surface area contributed by atoms with Gasteiger partial charge < -0.3 is 19.8 Å². The van der Waals surface area contributed by atoms with Crippen molar-refractivity contribution < 1.29 is 14.9 Å². The quantitative estimate of drug-likeness (QED) is 0.789. The number of hydrogen-bond acceptors (Lipinski definition) is 4. The molecule has 0 aromatic heterocycles. The Morgan fingerprint density at radius 2 is 1.89 bits per heavy atom. The third kappa shape index (κ3) is 3.23. The molecule has 0 spiro atoms. The van der Waals surface area contributed by atoms with E-state index in [-0.39, 0.29) is 24.2 Å². The van der Waals surface area contributed by atoms with E-state index in [2.05, 4.69) is 11.9 Å². The van der Waals surface area contributed by atoms with E-state index in [1.807, 2.05) is 0 Å². The van der Waals surface area contributed by atoms with Crippen LogP contribution in [-0.2, 0) is 4.74 Å². The molecule has 0 aromatic rings. The molecule has 2 fully saturated rings. The number of hydrogen-bond donors (Lipinski definition) is 2. The molecule has 18 heavy (non-hydrogen) atoms. The van der Waals surface area contributed by atoms with Crippen LogP contribution in [-0.4, -0.2) is 60.7 Å². The fraction of sp³-hybridized carbons (Fsp3) is 1.00. The van der Waals surface area contributed by atoms with Gasteiger partial charge in [-0.1, -0.05) is 12.8 Å². The molecule has 1 aliphatic heterocycles. The molecule has 0 bridgehead atoms. The van der Waals surface area contributed by atoms with Crippen molar-refractivity contribution >= 4 is 0 Å². The van der Waals surface area contributed by atoms with Gasteiger partial charge in [-0.15, -0.1) is 0 Å². The molecule has 2 atom stereocenters. The van der Waals surface area contributed by atoms with Gasteiger partial charge in [0.15, 0.2) is 0 Å². The number of aliphatic hydroxyl groups is 2. The summed E-state index contributed by atoms with van der Waals surface area (Å²) in [5.74, 6) is 0. The lowest BCUT2D eigenvalue weighted by molar-refractivity contribution is -0.0521. The maximum absolute atomic E-state index is 10.1. The molecule has 2 unspecified atom stereocenters. The van der Waals surface area contributed by atoms with Gasteiger partial charge in [-0.25, -0.2) is 0 Å². The molecular formula is C14H27NO3. The SMILES string of the molecule is CN(CC1(CO)CCOCC1)C1CCCCC1O. The lowest BCUT2D eigenvalue weighted by atomic mass is 9.79. The van der Waals surface area contributed by atoms with Gasteiger partial charge in [0.25, 0.3) is 0 Å². The minimum absolute atomic E-state index is 0.0236. The summed E-state index contributed by atoms with van der Waals surface area (Å²) in [6.07, 6.45) is 6.01. The molecule has 2 rings (SSSR count). The van der Waals surface area contributed by atoms with Gasteiger partial charge in [0, 0.05) is 31.2 Å². The van der Waals surface area contributed by atoms with E-state index in [0.717, 1.165) is 51.9 Å². The van der Waals surface area contributed by atoms with Crippen LogP contribution in [0.3, 0.4) is 0 Å². The van der Waals surface area contributed by atoms with Gasteiger partial charge >= 0.3 is 0 Å². The number of likely N-dealkylation sites (N-methyl/N-ethyl adjacent to an activating group) is 1. The first-order valence-electron chi connectivity index (χ1n) is 7.24. The summed E-state index contributed by atoms with van der Waals surface area (Å²) >= 11 is 0. The fourth-order valence-corrected chi connectivity index (χ4v) is 3.42. The predicted octanol–water partition coefficient (Wildman–Crippen LogP) is 1.01. The monoisotopic (exact) mass is 257 g/mol. The van der Waals surface area contributed by atoms with Gasteiger partial charge in [-0.3, -0.25) is 0 Å². The largest absolute Gasteiger partial charge is 0.396 e. The van der Waals surface area contributed by atoms with Crippen molar-refractivity contribution in [1.82, 2.24) is 4.90 Å². The molecule has 106 valence electrons. The Kier molecular flexibility index (Phi) is 5.01. The van der Waals surface area contributed by atoms with Crippen molar-refractivity contribution in [3.05, 3.63) is 0 Å². The summed E-state index contributed by atoms with van der Waals surface area (Å²) in [6, 6.07) is 0.269.